The first-order valence-corrected chi connectivity index (χ1v) is 6.49. The van der Waals surface area contributed by atoms with Crippen LogP contribution in [0.4, 0.5) is 4.79 Å². The van der Waals surface area contributed by atoms with Gasteiger partial charge in [0.05, 0.1) is 11.6 Å². The predicted octanol–water partition coefficient (Wildman–Crippen LogP) is 1.48. The summed E-state index contributed by atoms with van der Waals surface area (Å²) in [6.45, 7) is 5.19. The summed E-state index contributed by atoms with van der Waals surface area (Å²) < 4.78 is 5.09. The number of nitrogens with two attached hydrogens (primary N) is 1. The number of ether oxygens (including phenoxy) is 1. The van der Waals surface area contributed by atoms with Gasteiger partial charge in [-0.05, 0) is 38.5 Å². The zero-order chi connectivity index (χ0) is 16.0. The first-order valence-electron chi connectivity index (χ1n) is 6.49. The first-order chi connectivity index (χ1) is 9.71. The van der Waals surface area contributed by atoms with Gasteiger partial charge in [0.1, 0.15) is 11.6 Å². The third kappa shape index (κ3) is 5.95. The van der Waals surface area contributed by atoms with Crippen LogP contribution in [0.5, 0.6) is 0 Å². The Kier molecular flexibility index (Phi) is 5.30. The maximum absolute atomic E-state index is 11.7. The summed E-state index contributed by atoms with van der Waals surface area (Å²) in [6, 6.07) is 7.85. The van der Waals surface area contributed by atoms with Gasteiger partial charge >= 0.3 is 6.09 Å². The molecule has 0 aliphatic rings. The van der Waals surface area contributed by atoms with E-state index < -0.39 is 23.6 Å². The van der Waals surface area contributed by atoms with Gasteiger partial charge in [-0.2, -0.15) is 5.26 Å². The number of hydrogen-bond acceptors (Lipinski definition) is 4. The Morgan fingerprint density at radius 3 is 2.33 bits per heavy atom. The van der Waals surface area contributed by atoms with E-state index in [1.54, 1.807) is 45.0 Å². The molecule has 1 aromatic rings. The molecule has 6 nitrogen and oxygen atoms in total. The predicted molar refractivity (Wildman–Crippen MR) is 77.2 cm³/mol. The van der Waals surface area contributed by atoms with Gasteiger partial charge < -0.3 is 15.8 Å². The first kappa shape index (κ1) is 16.5. The minimum atomic E-state index is -0.868. The fourth-order valence-electron chi connectivity index (χ4n) is 1.62. The van der Waals surface area contributed by atoms with Crippen molar-refractivity contribution >= 4 is 12.0 Å². The van der Waals surface area contributed by atoms with Crippen LogP contribution in [0.2, 0.25) is 0 Å². The van der Waals surface area contributed by atoms with Crippen molar-refractivity contribution in [1.82, 2.24) is 5.32 Å². The average molecular weight is 289 g/mol. The van der Waals surface area contributed by atoms with Crippen LogP contribution in [0.1, 0.15) is 31.9 Å². The summed E-state index contributed by atoms with van der Waals surface area (Å²) >= 11 is 0. The lowest BCUT2D eigenvalue weighted by Gasteiger charge is -2.22. The summed E-state index contributed by atoms with van der Waals surface area (Å²) in [5.41, 5.74) is 5.95. The summed E-state index contributed by atoms with van der Waals surface area (Å²) in [5, 5.41) is 11.2. The molecule has 112 valence electrons. The molecule has 0 saturated heterocycles. The van der Waals surface area contributed by atoms with Crippen molar-refractivity contribution in [1.29, 1.82) is 5.26 Å². The summed E-state index contributed by atoms with van der Waals surface area (Å²) in [4.78, 5) is 23.1. The van der Waals surface area contributed by atoms with Crippen molar-refractivity contribution in [2.24, 2.45) is 5.73 Å². The lowest BCUT2D eigenvalue weighted by atomic mass is 10.0. The van der Waals surface area contributed by atoms with Crippen LogP contribution in [0, 0.1) is 11.3 Å². The van der Waals surface area contributed by atoms with E-state index in [0.717, 1.165) is 5.56 Å². The molecule has 0 fully saturated rings. The molecule has 21 heavy (non-hydrogen) atoms. The van der Waals surface area contributed by atoms with E-state index in [2.05, 4.69) is 5.32 Å². The number of rotatable bonds is 4. The highest BCUT2D eigenvalue weighted by Gasteiger charge is 2.22. The van der Waals surface area contributed by atoms with Gasteiger partial charge in [0.15, 0.2) is 0 Å². The SMILES string of the molecule is CC(C)(C)OC(=O)N[C@@H](Cc1ccc(C#N)cc1)C(N)=O. The van der Waals surface area contributed by atoms with E-state index in [0.29, 0.717) is 5.56 Å². The Labute approximate surface area is 123 Å². The van der Waals surface area contributed by atoms with Crippen molar-refractivity contribution in [2.45, 2.75) is 38.8 Å². The highest BCUT2D eigenvalue weighted by atomic mass is 16.6. The smallest absolute Gasteiger partial charge is 0.408 e. The van der Waals surface area contributed by atoms with Crippen LogP contribution in [0.15, 0.2) is 24.3 Å². The van der Waals surface area contributed by atoms with Gasteiger partial charge in [-0.3, -0.25) is 4.79 Å². The number of primary amides is 1. The minimum absolute atomic E-state index is 0.236. The van der Waals surface area contributed by atoms with Gasteiger partial charge in [-0.1, -0.05) is 12.1 Å². The van der Waals surface area contributed by atoms with E-state index in [4.69, 9.17) is 15.7 Å². The second kappa shape index (κ2) is 6.75. The highest BCUT2D eigenvalue weighted by Crippen LogP contribution is 2.09. The van der Waals surface area contributed by atoms with Crippen LogP contribution in [0.25, 0.3) is 0 Å². The van der Waals surface area contributed by atoms with Crippen molar-refractivity contribution in [3.8, 4) is 6.07 Å². The van der Waals surface area contributed by atoms with E-state index >= 15 is 0 Å². The Hall–Kier alpha value is -2.55. The summed E-state index contributed by atoms with van der Waals surface area (Å²) in [5.74, 6) is -0.648. The molecule has 0 bridgehead atoms. The molecule has 1 rings (SSSR count). The number of nitriles is 1. The van der Waals surface area contributed by atoms with Gasteiger partial charge in [0, 0.05) is 6.42 Å². The third-order valence-electron chi connectivity index (χ3n) is 2.56. The molecule has 0 radical (unpaired) electrons. The van der Waals surface area contributed by atoms with Gasteiger partial charge in [0.25, 0.3) is 0 Å². The topological polar surface area (TPSA) is 105 Å². The van der Waals surface area contributed by atoms with Crippen molar-refractivity contribution in [2.75, 3.05) is 0 Å². The molecule has 0 aliphatic heterocycles. The Bertz CT molecular complexity index is 553. The standard InChI is InChI=1S/C15H19N3O3/c1-15(2,3)21-14(20)18-12(13(17)19)8-10-4-6-11(9-16)7-5-10/h4-7,12H,8H2,1-3H3,(H2,17,19)(H,18,20)/t12-/m0/s1. The highest BCUT2D eigenvalue weighted by molar-refractivity contribution is 5.84. The van der Waals surface area contributed by atoms with Gasteiger partial charge in [-0.25, -0.2) is 4.79 Å². The molecule has 1 atom stereocenters. The van der Waals surface area contributed by atoms with Crippen LogP contribution < -0.4 is 11.1 Å². The largest absolute Gasteiger partial charge is 0.444 e. The van der Waals surface area contributed by atoms with Crippen LogP contribution in [0.3, 0.4) is 0 Å². The third-order valence-corrected chi connectivity index (χ3v) is 2.56. The second-order valence-corrected chi connectivity index (χ2v) is 5.61. The normalized spacial score (nSPS) is 12.1. The Morgan fingerprint density at radius 2 is 1.90 bits per heavy atom. The molecule has 1 aromatic carbocycles. The van der Waals surface area contributed by atoms with Crippen molar-refractivity contribution in [3.63, 3.8) is 0 Å². The fraction of sp³-hybridized carbons (Fsp3) is 0.400. The maximum atomic E-state index is 11.7. The summed E-state index contributed by atoms with van der Waals surface area (Å²) in [6.07, 6.45) is -0.458. The van der Waals surface area contributed by atoms with E-state index in [9.17, 15) is 9.59 Å². The van der Waals surface area contributed by atoms with Crippen molar-refractivity contribution < 1.29 is 14.3 Å². The van der Waals surface area contributed by atoms with Gasteiger partial charge in [-0.15, -0.1) is 0 Å². The van der Waals surface area contributed by atoms with Crippen molar-refractivity contribution in [3.05, 3.63) is 35.4 Å². The molecule has 0 saturated carbocycles. The Balaban J connectivity index is 2.72. The molecular formula is C15H19N3O3. The minimum Gasteiger partial charge on any atom is -0.444 e. The van der Waals surface area contributed by atoms with E-state index in [1.165, 1.54) is 0 Å². The van der Waals surface area contributed by atoms with Crippen LogP contribution in [-0.2, 0) is 16.0 Å². The lowest BCUT2D eigenvalue weighted by Crippen LogP contribution is -2.47. The monoisotopic (exact) mass is 289 g/mol. The molecule has 0 heterocycles. The number of carbonyl (C=O) groups excluding carboxylic acids is 2. The zero-order valence-electron chi connectivity index (χ0n) is 12.3. The number of nitrogens with one attached hydrogen (secondary N) is 1. The number of nitrogens with zero attached hydrogens (tertiary/aromatic N) is 1. The number of carbonyl (C=O) groups is 2. The van der Waals surface area contributed by atoms with Crippen LogP contribution in [-0.4, -0.2) is 23.6 Å². The number of alkyl carbamates (subject to hydrolysis) is 1. The zero-order valence-corrected chi connectivity index (χ0v) is 12.3. The molecular weight excluding hydrogens is 270 g/mol. The molecule has 2 amide bonds. The number of hydrogen-bond donors (Lipinski definition) is 2. The lowest BCUT2D eigenvalue weighted by molar-refractivity contribution is -0.120. The van der Waals surface area contributed by atoms with Crippen LogP contribution >= 0.6 is 0 Å². The number of benzene rings is 1. The van der Waals surface area contributed by atoms with E-state index in [1.807, 2.05) is 6.07 Å². The molecule has 0 aromatic heterocycles. The van der Waals surface area contributed by atoms with E-state index in [-0.39, 0.29) is 6.42 Å². The fourth-order valence-corrected chi connectivity index (χ4v) is 1.62. The second-order valence-electron chi connectivity index (χ2n) is 5.61. The molecule has 3 N–H and O–H groups in total. The molecule has 0 unspecified atom stereocenters. The molecule has 0 aliphatic carbocycles. The Morgan fingerprint density at radius 1 is 1.33 bits per heavy atom. The summed E-state index contributed by atoms with van der Waals surface area (Å²) in [7, 11) is 0. The number of amides is 2. The molecule has 6 heteroatoms. The maximum Gasteiger partial charge on any atom is 0.408 e. The quantitative estimate of drug-likeness (QED) is 0.875. The average Bonchev–Trinajstić information content (AvgIpc) is 2.36. The molecule has 0 spiro atoms. The van der Waals surface area contributed by atoms with Gasteiger partial charge in [0.2, 0.25) is 5.91 Å².